The van der Waals surface area contributed by atoms with Gasteiger partial charge in [-0.3, -0.25) is 4.79 Å². The summed E-state index contributed by atoms with van der Waals surface area (Å²) < 4.78 is 13.4. The summed E-state index contributed by atoms with van der Waals surface area (Å²) in [5.74, 6) is -2.44. The number of aliphatic hydroxyl groups excluding tert-OH is 1. The molecule has 1 aromatic carbocycles. The zero-order chi connectivity index (χ0) is 13.7. The minimum absolute atomic E-state index is 0.00994. The van der Waals surface area contributed by atoms with E-state index in [-0.39, 0.29) is 23.0 Å². The Balaban J connectivity index is 2.50. The van der Waals surface area contributed by atoms with Gasteiger partial charge in [0.2, 0.25) is 0 Å². The predicted molar refractivity (Wildman–Crippen MR) is 64.7 cm³/mol. The van der Waals surface area contributed by atoms with Crippen LogP contribution in [0.1, 0.15) is 16.8 Å². The fourth-order valence-electron chi connectivity index (χ4n) is 1.19. The van der Waals surface area contributed by atoms with Crippen molar-refractivity contribution in [3.8, 4) is 0 Å². The van der Waals surface area contributed by atoms with Crippen molar-refractivity contribution in [2.75, 3.05) is 6.54 Å². The maximum Gasteiger partial charge on any atom is 0.332 e. The molecule has 0 saturated heterocycles. The number of aliphatic carboxylic acids is 1. The van der Waals surface area contributed by atoms with Crippen LogP contribution >= 0.6 is 15.9 Å². The molecule has 0 spiro atoms. The second-order valence-electron chi connectivity index (χ2n) is 3.53. The Hall–Kier alpha value is -1.47. The fourth-order valence-corrected chi connectivity index (χ4v) is 1.43. The summed E-state index contributed by atoms with van der Waals surface area (Å²) in [6, 6.07) is 3.89. The number of halogens is 2. The molecule has 0 heterocycles. The van der Waals surface area contributed by atoms with Gasteiger partial charge in [0.15, 0.2) is 6.10 Å². The SMILES string of the molecule is O=C(NCC[C@H](O)C(=O)O)c1ccc(Br)c(F)c1. The average molecular weight is 320 g/mol. The van der Waals surface area contributed by atoms with Gasteiger partial charge in [0.25, 0.3) is 5.91 Å². The number of carbonyl (C=O) groups is 2. The van der Waals surface area contributed by atoms with E-state index in [0.717, 1.165) is 6.07 Å². The molecule has 0 aromatic heterocycles. The van der Waals surface area contributed by atoms with E-state index in [2.05, 4.69) is 21.2 Å². The molecule has 0 fully saturated rings. The summed E-state index contributed by atoms with van der Waals surface area (Å²) in [6.07, 6.45) is -1.63. The maximum atomic E-state index is 13.2. The minimum Gasteiger partial charge on any atom is -0.479 e. The first-order valence-electron chi connectivity index (χ1n) is 5.06. The van der Waals surface area contributed by atoms with Crippen LogP contribution in [0.15, 0.2) is 22.7 Å². The molecule has 98 valence electrons. The Morgan fingerprint density at radius 1 is 1.44 bits per heavy atom. The molecule has 1 aromatic rings. The highest BCUT2D eigenvalue weighted by Crippen LogP contribution is 2.16. The molecule has 5 nitrogen and oxygen atoms in total. The van der Waals surface area contributed by atoms with Crippen LogP contribution in [0.5, 0.6) is 0 Å². The highest BCUT2D eigenvalue weighted by Gasteiger charge is 2.13. The largest absolute Gasteiger partial charge is 0.479 e. The summed E-state index contributed by atoms with van der Waals surface area (Å²) in [4.78, 5) is 21.8. The van der Waals surface area contributed by atoms with Gasteiger partial charge in [0, 0.05) is 18.5 Å². The lowest BCUT2D eigenvalue weighted by atomic mass is 10.2. The van der Waals surface area contributed by atoms with Gasteiger partial charge in [-0.05, 0) is 34.1 Å². The van der Waals surface area contributed by atoms with Gasteiger partial charge >= 0.3 is 5.97 Å². The van der Waals surface area contributed by atoms with Gasteiger partial charge in [-0.15, -0.1) is 0 Å². The fraction of sp³-hybridized carbons (Fsp3) is 0.273. The van der Waals surface area contributed by atoms with Crippen LogP contribution in [0, 0.1) is 5.82 Å². The van der Waals surface area contributed by atoms with Crippen molar-refractivity contribution >= 4 is 27.8 Å². The Kier molecular flexibility index (Phi) is 5.24. The number of hydrogen-bond acceptors (Lipinski definition) is 3. The quantitative estimate of drug-likeness (QED) is 0.760. The number of hydrogen-bond donors (Lipinski definition) is 3. The second-order valence-corrected chi connectivity index (χ2v) is 4.38. The normalized spacial score (nSPS) is 11.9. The third kappa shape index (κ3) is 4.08. The topological polar surface area (TPSA) is 86.6 Å². The van der Waals surface area contributed by atoms with E-state index in [1.807, 2.05) is 0 Å². The minimum atomic E-state index is -1.52. The van der Waals surface area contributed by atoms with Crippen molar-refractivity contribution in [3.05, 3.63) is 34.1 Å². The number of rotatable bonds is 5. The number of amides is 1. The first-order valence-corrected chi connectivity index (χ1v) is 5.85. The van der Waals surface area contributed by atoms with Gasteiger partial charge < -0.3 is 15.5 Å². The van der Waals surface area contributed by atoms with E-state index >= 15 is 0 Å². The van der Waals surface area contributed by atoms with Gasteiger partial charge in [-0.1, -0.05) is 0 Å². The van der Waals surface area contributed by atoms with Gasteiger partial charge in [-0.2, -0.15) is 0 Å². The maximum absolute atomic E-state index is 13.2. The monoisotopic (exact) mass is 319 g/mol. The van der Waals surface area contributed by atoms with Crippen LogP contribution in [0.4, 0.5) is 4.39 Å². The van der Waals surface area contributed by atoms with E-state index < -0.39 is 23.8 Å². The van der Waals surface area contributed by atoms with Crippen molar-refractivity contribution < 1.29 is 24.2 Å². The molecular formula is C11H11BrFNO4. The van der Waals surface area contributed by atoms with Crippen LogP contribution in [-0.4, -0.2) is 34.7 Å². The van der Waals surface area contributed by atoms with E-state index in [9.17, 15) is 14.0 Å². The summed E-state index contributed by atoms with van der Waals surface area (Å²) in [5.41, 5.74) is 0.125. The van der Waals surface area contributed by atoms with Gasteiger partial charge in [-0.25, -0.2) is 9.18 Å². The number of benzene rings is 1. The lowest BCUT2D eigenvalue weighted by Crippen LogP contribution is -2.30. The molecule has 1 rings (SSSR count). The lowest BCUT2D eigenvalue weighted by molar-refractivity contribution is -0.146. The zero-order valence-electron chi connectivity index (χ0n) is 9.19. The standard InChI is InChI=1S/C11H11BrFNO4/c12-7-2-1-6(5-8(7)13)10(16)14-4-3-9(15)11(17)18/h1-2,5,9,15H,3-4H2,(H,14,16)(H,17,18)/t9-/m0/s1. The van der Waals surface area contributed by atoms with E-state index in [1.165, 1.54) is 12.1 Å². The van der Waals surface area contributed by atoms with E-state index in [4.69, 9.17) is 10.2 Å². The van der Waals surface area contributed by atoms with E-state index in [1.54, 1.807) is 0 Å². The molecule has 1 atom stereocenters. The molecule has 0 aliphatic rings. The van der Waals surface area contributed by atoms with Crippen LogP contribution in [-0.2, 0) is 4.79 Å². The molecule has 0 radical (unpaired) electrons. The Bertz CT molecular complexity index is 466. The van der Waals surface area contributed by atoms with E-state index in [0.29, 0.717) is 0 Å². The van der Waals surface area contributed by atoms with Gasteiger partial charge in [0.05, 0.1) is 4.47 Å². The summed E-state index contributed by atoms with van der Waals surface area (Å²) in [7, 11) is 0. The molecule has 0 unspecified atom stereocenters. The lowest BCUT2D eigenvalue weighted by Gasteiger charge is -2.07. The molecule has 0 aliphatic carbocycles. The highest BCUT2D eigenvalue weighted by atomic mass is 79.9. The van der Waals surface area contributed by atoms with Crippen LogP contribution in [0.3, 0.4) is 0 Å². The molecule has 1 amide bonds. The van der Waals surface area contributed by atoms with Crippen molar-refractivity contribution in [1.29, 1.82) is 0 Å². The zero-order valence-corrected chi connectivity index (χ0v) is 10.8. The van der Waals surface area contributed by atoms with Crippen LogP contribution in [0.25, 0.3) is 0 Å². The molecular weight excluding hydrogens is 309 g/mol. The average Bonchev–Trinajstić information content (AvgIpc) is 2.32. The molecule has 7 heteroatoms. The van der Waals surface area contributed by atoms with Crippen molar-refractivity contribution in [2.45, 2.75) is 12.5 Å². The number of carboxylic acids is 1. The summed E-state index contributed by atoms with van der Waals surface area (Å²) >= 11 is 2.96. The predicted octanol–water partition coefficient (Wildman–Crippen LogP) is 1.15. The third-order valence-corrected chi connectivity index (χ3v) is 2.81. The van der Waals surface area contributed by atoms with Crippen LogP contribution < -0.4 is 5.32 Å². The summed E-state index contributed by atoms with van der Waals surface area (Å²) in [5, 5.41) is 19.8. The number of aliphatic hydroxyl groups is 1. The number of nitrogens with one attached hydrogen (secondary N) is 1. The van der Waals surface area contributed by atoms with Crippen LogP contribution in [0.2, 0.25) is 0 Å². The molecule has 3 N–H and O–H groups in total. The summed E-state index contributed by atoms with van der Waals surface area (Å²) in [6.45, 7) is -0.00994. The number of carboxylic acid groups (broad SMARTS) is 1. The Morgan fingerprint density at radius 2 is 2.11 bits per heavy atom. The Morgan fingerprint density at radius 3 is 2.67 bits per heavy atom. The first kappa shape index (κ1) is 14.6. The Labute approximate surface area is 111 Å². The van der Waals surface area contributed by atoms with Crippen molar-refractivity contribution in [3.63, 3.8) is 0 Å². The molecule has 0 aliphatic heterocycles. The number of carbonyl (C=O) groups excluding carboxylic acids is 1. The third-order valence-electron chi connectivity index (χ3n) is 2.17. The smallest absolute Gasteiger partial charge is 0.332 e. The molecule has 0 saturated carbocycles. The molecule has 0 bridgehead atoms. The molecule has 18 heavy (non-hydrogen) atoms. The van der Waals surface area contributed by atoms with Crippen molar-refractivity contribution in [2.24, 2.45) is 0 Å². The first-order chi connectivity index (χ1) is 8.41. The second kappa shape index (κ2) is 6.46. The van der Waals surface area contributed by atoms with Crippen molar-refractivity contribution in [1.82, 2.24) is 5.32 Å². The highest BCUT2D eigenvalue weighted by molar-refractivity contribution is 9.10. The van der Waals surface area contributed by atoms with Gasteiger partial charge in [0.1, 0.15) is 5.82 Å².